The van der Waals surface area contributed by atoms with Crippen molar-refractivity contribution in [3.63, 3.8) is 0 Å². The number of methoxy groups -OCH3 is 1. The molecule has 1 aliphatic rings. The molecule has 7 nitrogen and oxygen atoms in total. The van der Waals surface area contributed by atoms with Crippen molar-refractivity contribution in [3.8, 4) is 5.75 Å². The maximum atomic E-state index is 11.8. The van der Waals surface area contributed by atoms with Crippen LogP contribution in [0, 0.1) is 5.92 Å². The molecule has 0 saturated carbocycles. The van der Waals surface area contributed by atoms with Crippen LogP contribution in [0.15, 0.2) is 24.3 Å². The van der Waals surface area contributed by atoms with Crippen molar-refractivity contribution in [1.29, 1.82) is 0 Å². The minimum absolute atomic E-state index is 0.0730. The molecule has 0 unspecified atom stereocenters. The van der Waals surface area contributed by atoms with E-state index >= 15 is 0 Å². The van der Waals surface area contributed by atoms with Gasteiger partial charge in [0.05, 0.1) is 12.8 Å². The number of hydrogen-bond acceptors (Lipinski definition) is 4. The summed E-state index contributed by atoms with van der Waals surface area (Å²) >= 11 is 0. The number of carbonyl (C=O) groups excluding carboxylic acids is 3. The zero-order chi connectivity index (χ0) is 14.5. The van der Waals surface area contributed by atoms with Crippen LogP contribution in [0.25, 0.3) is 0 Å². The van der Waals surface area contributed by atoms with Crippen molar-refractivity contribution in [2.75, 3.05) is 12.4 Å². The Balaban J connectivity index is 1.89. The van der Waals surface area contributed by atoms with Gasteiger partial charge in [0.15, 0.2) is 0 Å². The first-order valence-electron chi connectivity index (χ1n) is 6.14. The number of carbonyl (C=O) groups is 3. The summed E-state index contributed by atoms with van der Waals surface area (Å²) in [7, 11) is 1.51. The zero-order valence-corrected chi connectivity index (χ0v) is 10.9. The minimum atomic E-state index is -0.807. The summed E-state index contributed by atoms with van der Waals surface area (Å²) in [5.74, 6) is -1.34. The maximum absolute atomic E-state index is 11.8. The molecular weight excluding hydrogens is 262 g/mol. The van der Waals surface area contributed by atoms with Crippen molar-refractivity contribution in [2.24, 2.45) is 5.92 Å². The Labute approximate surface area is 115 Å². The third-order valence-electron chi connectivity index (χ3n) is 2.98. The lowest BCUT2D eigenvalue weighted by molar-refractivity contribution is -0.128. The Morgan fingerprint density at radius 1 is 1.25 bits per heavy atom. The van der Waals surface area contributed by atoms with Crippen LogP contribution < -0.4 is 20.9 Å². The molecule has 0 radical (unpaired) electrons. The summed E-state index contributed by atoms with van der Waals surface area (Å²) in [5.41, 5.74) is 5.00. The number of hydrogen-bond donors (Lipinski definition) is 3. The molecule has 3 amide bonds. The van der Waals surface area contributed by atoms with Crippen LogP contribution in [0.2, 0.25) is 0 Å². The van der Waals surface area contributed by atoms with Crippen LogP contribution in [0.4, 0.5) is 5.69 Å². The van der Waals surface area contributed by atoms with Crippen molar-refractivity contribution in [2.45, 2.75) is 12.8 Å². The van der Waals surface area contributed by atoms with E-state index in [1.54, 1.807) is 24.3 Å². The minimum Gasteiger partial charge on any atom is -0.495 e. The second-order valence-corrected chi connectivity index (χ2v) is 4.32. The zero-order valence-electron chi connectivity index (χ0n) is 10.9. The lowest BCUT2D eigenvalue weighted by atomic mass is 10.0. The van der Waals surface area contributed by atoms with Gasteiger partial charge in [-0.05, 0) is 18.6 Å². The first-order valence-corrected chi connectivity index (χ1v) is 6.14. The Morgan fingerprint density at radius 2 is 1.90 bits per heavy atom. The van der Waals surface area contributed by atoms with Gasteiger partial charge in [0, 0.05) is 6.42 Å². The third kappa shape index (κ3) is 3.05. The Hall–Kier alpha value is -2.57. The van der Waals surface area contributed by atoms with E-state index < -0.39 is 17.7 Å². The van der Waals surface area contributed by atoms with E-state index in [0.29, 0.717) is 11.4 Å². The molecule has 0 aliphatic carbocycles. The van der Waals surface area contributed by atoms with E-state index in [2.05, 4.69) is 16.2 Å². The van der Waals surface area contributed by atoms with Crippen LogP contribution in [-0.2, 0) is 14.4 Å². The topological polar surface area (TPSA) is 96.5 Å². The molecule has 20 heavy (non-hydrogen) atoms. The number of para-hydroxylation sites is 2. The summed E-state index contributed by atoms with van der Waals surface area (Å²) in [6.45, 7) is 0. The Kier molecular flexibility index (Phi) is 4.19. The number of rotatable bonds is 5. The fourth-order valence-corrected chi connectivity index (χ4v) is 1.91. The van der Waals surface area contributed by atoms with Crippen LogP contribution in [0.3, 0.4) is 0 Å². The van der Waals surface area contributed by atoms with Gasteiger partial charge in [0.2, 0.25) is 5.91 Å². The molecule has 3 N–H and O–H groups in total. The summed E-state index contributed by atoms with van der Waals surface area (Å²) in [4.78, 5) is 34.4. The van der Waals surface area contributed by atoms with E-state index in [0.717, 1.165) is 0 Å². The van der Waals surface area contributed by atoms with Gasteiger partial charge in [0.25, 0.3) is 11.8 Å². The van der Waals surface area contributed by atoms with Gasteiger partial charge in [-0.25, -0.2) is 0 Å². The van der Waals surface area contributed by atoms with Crippen LogP contribution in [0.1, 0.15) is 12.8 Å². The van der Waals surface area contributed by atoms with Crippen molar-refractivity contribution >= 4 is 23.4 Å². The van der Waals surface area contributed by atoms with Crippen molar-refractivity contribution < 1.29 is 19.1 Å². The number of benzene rings is 1. The molecule has 2 rings (SSSR count). The second kappa shape index (κ2) is 6.05. The highest BCUT2D eigenvalue weighted by molar-refractivity contribution is 6.05. The smallest absolute Gasteiger partial charge is 0.251 e. The van der Waals surface area contributed by atoms with Crippen LogP contribution in [0.5, 0.6) is 5.75 Å². The van der Waals surface area contributed by atoms with Gasteiger partial charge in [-0.15, -0.1) is 0 Å². The van der Waals surface area contributed by atoms with E-state index in [1.807, 2.05) is 0 Å². The number of nitrogens with one attached hydrogen (secondary N) is 3. The molecule has 1 heterocycles. The first kappa shape index (κ1) is 13.9. The molecule has 0 atom stereocenters. The van der Waals surface area contributed by atoms with Crippen LogP contribution in [-0.4, -0.2) is 24.8 Å². The van der Waals surface area contributed by atoms with Gasteiger partial charge in [-0.2, -0.15) is 0 Å². The van der Waals surface area contributed by atoms with Gasteiger partial charge in [-0.3, -0.25) is 25.2 Å². The molecule has 1 fully saturated rings. The highest BCUT2D eigenvalue weighted by Gasteiger charge is 2.32. The van der Waals surface area contributed by atoms with Gasteiger partial charge in [0.1, 0.15) is 11.7 Å². The van der Waals surface area contributed by atoms with E-state index in [1.165, 1.54) is 7.11 Å². The Bertz CT molecular complexity index is 528. The second-order valence-electron chi connectivity index (χ2n) is 4.32. The molecule has 7 heteroatoms. The first-order chi connectivity index (χ1) is 9.61. The van der Waals surface area contributed by atoms with Crippen LogP contribution >= 0.6 is 0 Å². The molecule has 1 aromatic rings. The van der Waals surface area contributed by atoms with E-state index in [9.17, 15) is 14.4 Å². The Morgan fingerprint density at radius 3 is 2.55 bits per heavy atom. The fourth-order valence-electron chi connectivity index (χ4n) is 1.91. The van der Waals surface area contributed by atoms with Crippen molar-refractivity contribution in [1.82, 2.24) is 10.9 Å². The molecule has 1 saturated heterocycles. The molecule has 106 valence electrons. The number of anilines is 1. The predicted molar refractivity (Wildman–Crippen MR) is 70.6 cm³/mol. The molecular formula is C13H15N3O4. The van der Waals surface area contributed by atoms with Gasteiger partial charge >= 0.3 is 0 Å². The molecule has 0 aromatic heterocycles. The van der Waals surface area contributed by atoms with Crippen molar-refractivity contribution in [3.05, 3.63) is 24.3 Å². The highest BCUT2D eigenvalue weighted by Crippen LogP contribution is 2.23. The summed E-state index contributed by atoms with van der Waals surface area (Å²) < 4.78 is 5.12. The molecule has 0 bridgehead atoms. The largest absolute Gasteiger partial charge is 0.495 e. The number of amides is 3. The molecule has 1 aliphatic heterocycles. The SMILES string of the molecule is COc1ccccc1NC(=O)CCC1C(=O)NNC1=O. The summed E-state index contributed by atoms with van der Waals surface area (Å²) in [6, 6.07) is 7.01. The predicted octanol–water partition coefficient (Wildman–Crippen LogP) is 0.191. The van der Waals surface area contributed by atoms with Gasteiger partial charge < -0.3 is 10.1 Å². The quantitative estimate of drug-likeness (QED) is 0.669. The molecule has 0 spiro atoms. The average Bonchev–Trinajstić information content (AvgIpc) is 2.76. The van der Waals surface area contributed by atoms with Gasteiger partial charge in [-0.1, -0.05) is 12.1 Å². The average molecular weight is 277 g/mol. The number of ether oxygens (including phenoxy) is 1. The lowest BCUT2D eigenvalue weighted by Gasteiger charge is -2.10. The third-order valence-corrected chi connectivity index (χ3v) is 2.98. The lowest BCUT2D eigenvalue weighted by Crippen LogP contribution is -2.28. The highest BCUT2D eigenvalue weighted by atomic mass is 16.5. The van der Waals surface area contributed by atoms with E-state index in [4.69, 9.17) is 4.74 Å². The molecule has 1 aromatic carbocycles. The summed E-state index contributed by atoms with van der Waals surface area (Å²) in [5, 5.41) is 2.69. The van der Waals surface area contributed by atoms with E-state index in [-0.39, 0.29) is 18.7 Å². The summed E-state index contributed by atoms with van der Waals surface area (Å²) in [6.07, 6.45) is 0.238. The fraction of sp³-hybridized carbons (Fsp3) is 0.308. The normalized spacial score (nSPS) is 14.7. The maximum Gasteiger partial charge on any atom is 0.251 e. The standard InChI is InChI=1S/C13H15N3O4/c1-20-10-5-3-2-4-9(10)14-11(17)7-6-8-12(18)15-16-13(8)19/h2-5,8H,6-7H2,1H3,(H,14,17)(H,15,18)(H,16,19). The number of hydrazine groups is 1. The monoisotopic (exact) mass is 277 g/mol.